The van der Waals surface area contributed by atoms with Crippen molar-refractivity contribution in [3.05, 3.63) is 36.0 Å². The van der Waals surface area contributed by atoms with Gasteiger partial charge in [-0.3, -0.25) is 4.79 Å². The second kappa shape index (κ2) is 5.34. The molecule has 1 rings (SSSR count). The number of hydrogen-bond acceptors (Lipinski definition) is 5. The SMILES string of the molecule is C=C(C)[C@@H]1C=C[C@@](N)(/C(=C/C)C(=O)OC)C(=O)[C@]1(C)N. The summed E-state index contributed by atoms with van der Waals surface area (Å²) in [6, 6.07) is 0. The minimum atomic E-state index is -1.57. The van der Waals surface area contributed by atoms with Crippen LogP contribution < -0.4 is 11.5 Å². The molecule has 1 aliphatic rings. The van der Waals surface area contributed by atoms with Crippen molar-refractivity contribution < 1.29 is 14.3 Å². The number of allylic oxidation sites excluding steroid dienone is 1. The lowest BCUT2D eigenvalue weighted by atomic mass is 9.65. The lowest BCUT2D eigenvalue weighted by molar-refractivity contribution is -0.139. The summed E-state index contributed by atoms with van der Waals surface area (Å²) in [7, 11) is 1.24. The first-order chi connectivity index (χ1) is 9.12. The number of Topliss-reactive ketones (excluding diaryl/α,β-unsaturated/α-hetero) is 1. The molecule has 0 aromatic carbocycles. The van der Waals surface area contributed by atoms with Crippen LogP contribution in [0.2, 0.25) is 0 Å². The number of rotatable bonds is 3. The van der Waals surface area contributed by atoms with Crippen molar-refractivity contribution in [2.24, 2.45) is 17.4 Å². The van der Waals surface area contributed by atoms with Crippen LogP contribution in [0.25, 0.3) is 0 Å². The van der Waals surface area contributed by atoms with Gasteiger partial charge in [0.05, 0.1) is 18.2 Å². The number of hydrogen-bond donors (Lipinski definition) is 2. The predicted molar refractivity (Wildman–Crippen MR) is 77.7 cm³/mol. The molecule has 4 N–H and O–H groups in total. The molecular formula is C15H22N2O3. The Morgan fingerprint density at radius 2 is 2.05 bits per heavy atom. The zero-order valence-corrected chi connectivity index (χ0v) is 12.4. The van der Waals surface area contributed by atoms with Crippen LogP contribution in [-0.2, 0) is 14.3 Å². The van der Waals surface area contributed by atoms with Crippen molar-refractivity contribution in [3.8, 4) is 0 Å². The monoisotopic (exact) mass is 278 g/mol. The summed E-state index contributed by atoms with van der Waals surface area (Å²) in [6.45, 7) is 8.87. The Kier molecular flexibility index (Phi) is 4.36. The van der Waals surface area contributed by atoms with Gasteiger partial charge in [-0.15, -0.1) is 0 Å². The van der Waals surface area contributed by atoms with Gasteiger partial charge in [0.25, 0.3) is 0 Å². The standard InChI is InChI=1S/C15H22N2O3/c1-6-10(12(18)20-5)15(17)8-7-11(9(2)3)14(4,16)13(15)19/h6-8,11H,2,16-17H2,1,3-5H3/b10-6+/t11-,14+,15+/m0/s1. The Hall–Kier alpha value is -1.72. The minimum absolute atomic E-state index is 0.0816. The molecule has 110 valence electrons. The molecule has 5 heteroatoms. The van der Waals surface area contributed by atoms with Crippen molar-refractivity contribution in [1.82, 2.24) is 0 Å². The van der Waals surface area contributed by atoms with Crippen molar-refractivity contribution >= 4 is 11.8 Å². The van der Waals surface area contributed by atoms with Gasteiger partial charge in [-0.05, 0) is 20.8 Å². The van der Waals surface area contributed by atoms with Crippen LogP contribution in [0.15, 0.2) is 36.0 Å². The summed E-state index contributed by atoms with van der Waals surface area (Å²) in [4.78, 5) is 24.5. The third kappa shape index (κ3) is 2.34. The number of methoxy groups -OCH3 is 1. The van der Waals surface area contributed by atoms with Crippen LogP contribution >= 0.6 is 0 Å². The average Bonchev–Trinajstić information content (AvgIpc) is 2.36. The summed E-state index contributed by atoms with van der Waals surface area (Å²) >= 11 is 0. The zero-order valence-electron chi connectivity index (χ0n) is 12.4. The Morgan fingerprint density at radius 3 is 2.45 bits per heavy atom. The number of ketones is 1. The number of nitrogens with two attached hydrogens (primary N) is 2. The molecule has 0 saturated carbocycles. The maximum Gasteiger partial charge on any atom is 0.336 e. The van der Waals surface area contributed by atoms with Crippen LogP contribution in [0.3, 0.4) is 0 Å². The minimum Gasteiger partial charge on any atom is -0.466 e. The largest absolute Gasteiger partial charge is 0.466 e. The van der Waals surface area contributed by atoms with E-state index in [-0.39, 0.29) is 11.5 Å². The third-order valence-electron chi connectivity index (χ3n) is 3.73. The Labute approximate surface area is 119 Å². The maximum atomic E-state index is 12.7. The van der Waals surface area contributed by atoms with Gasteiger partial charge in [0, 0.05) is 5.92 Å². The Bertz CT molecular complexity index is 517. The van der Waals surface area contributed by atoms with Gasteiger partial charge < -0.3 is 16.2 Å². The third-order valence-corrected chi connectivity index (χ3v) is 3.73. The van der Waals surface area contributed by atoms with Gasteiger partial charge in [0.2, 0.25) is 0 Å². The molecule has 0 aromatic rings. The first-order valence-electron chi connectivity index (χ1n) is 6.35. The molecule has 3 atom stereocenters. The molecule has 5 nitrogen and oxygen atoms in total. The Balaban J connectivity index is 3.41. The first kappa shape index (κ1) is 16.3. The van der Waals surface area contributed by atoms with E-state index in [4.69, 9.17) is 11.5 Å². The fourth-order valence-corrected chi connectivity index (χ4v) is 2.63. The highest BCUT2D eigenvalue weighted by atomic mass is 16.5. The summed E-state index contributed by atoms with van der Waals surface area (Å²) in [5, 5.41) is 0. The number of esters is 1. The van der Waals surface area contributed by atoms with Crippen LogP contribution in [0, 0.1) is 5.92 Å². The van der Waals surface area contributed by atoms with Gasteiger partial charge in [-0.2, -0.15) is 0 Å². The van der Waals surface area contributed by atoms with Gasteiger partial charge in [0.1, 0.15) is 5.54 Å². The van der Waals surface area contributed by atoms with Gasteiger partial charge in [0.15, 0.2) is 5.78 Å². The molecule has 0 fully saturated rings. The van der Waals surface area contributed by atoms with Crippen LogP contribution in [-0.4, -0.2) is 29.9 Å². The van der Waals surface area contributed by atoms with E-state index in [1.54, 1.807) is 26.8 Å². The van der Waals surface area contributed by atoms with Gasteiger partial charge in [-0.1, -0.05) is 30.4 Å². The van der Waals surface area contributed by atoms with Crippen LogP contribution in [0.5, 0.6) is 0 Å². The van der Waals surface area contributed by atoms with E-state index >= 15 is 0 Å². The first-order valence-corrected chi connectivity index (χ1v) is 6.35. The van der Waals surface area contributed by atoms with E-state index in [2.05, 4.69) is 11.3 Å². The predicted octanol–water partition coefficient (Wildman–Crippen LogP) is 0.852. The summed E-state index contributed by atoms with van der Waals surface area (Å²) < 4.78 is 4.68. The zero-order chi connectivity index (χ0) is 15.7. The van der Waals surface area contributed by atoms with E-state index in [1.165, 1.54) is 19.3 Å². The number of carbonyl (C=O) groups excluding carboxylic acids is 2. The fraction of sp³-hybridized carbons (Fsp3) is 0.467. The van der Waals surface area contributed by atoms with E-state index in [0.717, 1.165) is 5.57 Å². The van der Waals surface area contributed by atoms with Crippen molar-refractivity contribution in [3.63, 3.8) is 0 Å². The average molecular weight is 278 g/mol. The molecule has 0 unspecified atom stereocenters. The highest BCUT2D eigenvalue weighted by molar-refractivity contribution is 6.09. The highest BCUT2D eigenvalue weighted by Crippen LogP contribution is 2.35. The fourth-order valence-electron chi connectivity index (χ4n) is 2.63. The molecule has 20 heavy (non-hydrogen) atoms. The van der Waals surface area contributed by atoms with Crippen molar-refractivity contribution in [2.75, 3.05) is 7.11 Å². The quantitative estimate of drug-likeness (QED) is 0.453. The molecule has 0 heterocycles. The molecule has 0 aromatic heterocycles. The van der Waals surface area contributed by atoms with E-state index < -0.39 is 22.8 Å². The van der Waals surface area contributed by atoms with E-state index in [9.17, 15) is 9.59 Å². The summed E-state index contributed by atoms with van der Waals surface area (Å²) in [6.07, 6.45) is 4.72. The molecule has 0 amide bonds. The van der Waals surface area contributed by atoms with Crippen molar-refractivity contribution in [1.29, 1.82) is 0 Å². The maximum absolute atomic E-state index is 12.7. The van der Waals surface area contributed by atoms with Gasteiger partial charge in [-0.25, -0.2) is 4.79 Å². The molecule has 0 radical (unpaired) electrons. The summed E-state index contributed by atoms with van der Waals surface area (Å²) in [5.74, 6) is -1.39. The number of ether oxygens (including phenoxy) is 1. The van der Waals surface area contributed by atoms with E-state index in [1.807, 2.05) is 0 Å². The topological polar surface area (TPSA) is 95.4 Å². The molecule has 1 aliphatic carbocycles. The van der Waals surface area contributed by atoms with Crippen LogP contribution in [0.1, 0.15) is 20.8 Å². The van der Waals surface area contributed by atoms with Crippen molar-refractivity contribution in [2.45, 2.75) is 31.8 Å². The second-order valence-corrected chi connectivity index (χ2v) is 5.36. The second-order valence-electron chi connectivity index (χ2n) is 5.36. The summed E-state index contributed by atoms with van der Waals surface area (Å²) in [5.41, 5.74) is 10.4. The molecule has 0 aliphatic heterocycles. The highest BCUT2D eigenvalue weighted by Gasteiger charge is 2.52. The molecule has 0 saturated heterocycles. The lowest BCUT2D eigenvalue weighted by Crippen LogP contribution is -2.66. The number of carbonyl (C=O) groups is 2. The molecule has 0 spiro atoms. The molecule has 0 bridgehead atoms. The molecular weight excluding hydrogens is 256 g/mol. The van der Waals surface area contributed by atoms with E-state index in [0.29, 0.717) is 0 Å². The lowest BCUT2D eigenvalue weighted by Gasteiger charge is -2.42. The van der Waals surface area contributed by atoms with Crippen LogP contribution in [0.4, 0.5) is 0 Å². The van der Waals surface area contributed by atoms with Gasteiger partial charge >= 0.3 is 5.97 Å². The smallest absolute Gasteiger partial charge is 0.336 e. The normalized spacial score (nSPS) is 34.0. The Morgan fingerprint density at radius 1 is 1.50 bits per heavy atom.